The van der Waals surface area contributed by atoms with E-state index in [1.54, 1.807) is 29.2 Å². The Kier molecular flexibility index (Phi) is 7.32. The van der Waals surface area contributed by atoms with Crippen molar-refractivity contribution >= 4 is 29.1 Å². The molecule has 0 fully saturated rings. The van der Waals surface area contributed by atoms with Crippen molar-refractivity contribution in [2.45, 2.75) is 40.3 Å². The molecule has 0 spiro atoms. The molecule has 0 aliphatic carbocycles. The third-order valence-corrected chi connectivity index (χ3v) is 4.29. The van der Waals surface area contributed by atoms with Crippen LogP contribution in [0.5, 0.6) is 0 Å². The first kappa shape index (κ1) is 21.2. The van der Waals surface area contributed by atoms with E-state index in [0.717, 1.165) is 5.56 Å². The van der Waals surface area contributed by atoms with Crippen LogP contribution >= 0.6 is 0 Å². The number of hydrogen-bond donors (Lipinski definition) is 1. The molecule has 2 aromatic rings. The second kappa shape index (κ2) is 9.69. The molecule has 0 aliphatic heterocycles. The number of carbonyl (C=O) groups excluding carboxylic acids is 3. The lowest BCUT2D eigenvalue weighted by Crippen LogP contribution is -2.44. The van der Waals surface area contributed by atoms with Gasteiger partial charge in [-0.3, -0.25) is 14.4 Å². The Balaban J connectivity index is 2.21. The van der Waals surface area contributed by atoms with Crippen molar-refractivity contribution in [3.8, 4) is 0 Å². The summed E-state index contributed by atoms with van der Waals surface area (Å²) >= 11 is 0. The van der Waals surface area contributed by atoms with Gasteiger partial charge in [-0.15, -0.1) is 0 Å². The molecule has 0 saturated heterocycles. The number of nitrogens with one attached hydrogen (secondary N) is 1. The Morgan fingerprint density at radius 1 is 0.964 bits per heavy atom. The summed E-state index contributed by atoms with van der Waals surface area (Å²) in [6, 6.07) is 16.7. The van der Waals surface area contributed by atoms with Crippen molar-refractivity contribution in [1.29, 1.82) is 0 Å². The van der Waals surface area contributed by atoms with Crippen molar-refractivity contribution in [3.63, 3.8) is 0 Å². The predicted molar refractivity (Wildman–Crippen MR) is 111 cm³/mol. The molecule has 3 amide bonds. The maximum atomic E-state index is 13.0. The highest BCUT2D eigenvalue weighted by atomic mass is 16.2. The Bertz CT molecular complexity index is 834. The fourth-order valence-corrected chi connectivity index (χ4v) is 2.90. The minimum atomic E-state index is -0.239. The number of hydrogen-bond acceptors (Lipinski definition) is 3. The van der Waals surface area contributed by atoms with Gasteiger partial charge >= 0.3 is 0 Å². The molecular weight excluding hydrogens is 354 g/mol. The SMILES string of the molecule is CC(=O)Nc1cccc(N(CC(=O)N(Cc2ccccc2)C(C)C)C(C)=O)c1. The summed E-state index contributed by atoms with van der Waals surface area (Å²) in [5.41, 5.74) is 2.18. The van der Waals surface area contributed by atoms with E-state index in [2.05, 4.69) is 5.32 Å². The average Bonchev–Trinajstić information content (AvgIpc) is 2.64. The van der Waals surface area contributed by atoms with E-state index < -0.39 is 0 Å². The first-order valence-corrected chi connectivity index (χ1v) is 9.27. The summed E-state index contributed by atoms with van der Waals surface area (Å²) in [7, 11) is 0. The van der Waals surface area contributed by atoms with Crippen LogP contribution in [-0.4, -0.2) is 35.2 Å². The van der Waals surface area contributed by atoms with Crippen LogP contribution in [0.2, 0.25) is 0 Å². The van der Waals surface area contributed by atoms with Gasteiger partial charge in [0.05, 0.1) is 0 Å². The Hall–Kier alpha value is -3.15. The van der Waals surface area contributed by atoms with Crippen molar-refractivity contribution in [1.82, 2.24) is 4.90 Å². The van der Waals surface area contributed by atoms with E-state index in [4.69, 9.17) is 0 Å². The lowest BCUT2D eigenvalue weighted by atomic mass is 10.2. The second-order valence-electron chi connectivity index (χ2n) is 6.94. The van der Waals surface area contributed by atoms with E-state index in [1.165, 1.54) is 18.7 Å². The molecule has 0 unspecified atom stereocenters. The van der Waals surface area contributed by atoms with E-state index in [9.17, 15) is 14.4 Å². The van der Waals surface area contributed by atoms with Crippen LogP contribution in [0.15, 0.2) is 54.6 Å². The van der Waals surface area contributed by atoms with Gasteiger partial charge in [-0.05, 0) is 37.6 Å². The third kappa shape index (κ3) is 5.94. The number of carbonyl (C=O) groups is 3. The molecule has 0 aromatic heterocycles. The van der Waals surface area contributed by atoms with Crippen LogP contribution in [0, 0.1) is 0 Å². The Morgan fingerprint density at radius 2 is 1.64 bits per heavy atom. The topological polar surface area (TPSA) is 69.7 Å². The smallest absolute Gasteiger partial charge is 0.243 e. The zero-order valence-corrected chi connectivity index (χ0v) is 16.8. The van der Waals surface area contributed by atoms with E-state index in [0.29, 0.717) is 17.9 Å². The van der Waals surface area contributed by atoms with Crippen molar-refractivity contribution in [2.75, 3.05) is 16.8 Å². The lowest BCUT2D eigenvalue weighted by molar-refractivity contribution is -0.133. The zero-order chi connectivity index (χ0) is 20.7. The highest BCUT2D eigenvalue weighted by Gasteiger charge is 2.23. The molecule has 0 atom stereocenters. The molecule has 2 rings (SSSR count). The molecule has 148 valence electrons. The number of anilines is 2. The Labute approximate surface area is 166 Å². The lowest BCUT2D eigenvalue weighted by Gasteiger charge is -2.30. The van der Waals surface area contributed by atoms with Gasteiger partial charge in [0, 0.05) is 37.8 Å². The standard InChI is InChI=1S/C22H27N3O3/c1-16(2)24(14-19-9-6-5-7-10-19)22(28)15-25(18(4)27)21-12-8-11-20(13-21)23-17(3)26/h5-13,16H,14-15H2,1-4H3,(H,23,26). The highest BCUT2D eigenvalue weighted by molar-refractivity contribution is 5.98. The van der Waals surface area contributed by atoms with Gasteiger partial charge in [0.25, 0.3) is 0 Å². The molecule has 6 heteroatoms. The second-order valence-corrected chi connectivity index (χ2v) is 6.94. The van der Waals surface area contributed by atoms with Gasteiger partial charge in [0.2, 0.25) is 17.7 Å². The van der Waals surface area contributed by atoms with Gasteiger partial charge in [0.15, 0.2) is 0 Å². The van der Waals surface area contributed by atoms with Gasteiger partial charge < -0.3 is 15.1 Å². The van der Waals surface area contributed by atoms with Crippen LogP contribution in [0.4, 0.5) is 11.4 Å². The molecule has 28 heavy (non-hydrogen) atoms. The van der Waals surface area contributed by atoms with Crippen molar-refractivity contribution < 1.29 is 14.4 Å². The van der Waals surface area contributed by atoms with Crippen LogP contribution in [0.25, 0.3) is 0 Å². The largest absolute Gasteiger partial charge is 0.334 e. The van der Waals surface area contributed by atoms with E-state index >= 15 is 0 Å². The zero-order valence-electron chi connectivity index (χ0n) is 16.8. The third-order valence-electron chi connectivity index (χ3n) is 4.29. The molecule has 0 bridgehead atoms. The molecule has 1 N–H and O–H groups in total. The number of nitrogens with zero attached hydrogens (tertiary/aromatic N) is 2. The minimum absolute atomic E-state index is 0.00720. The van der Waals surface area contributed by atoms with Gasteiger partial charge in [0.1, 0.15) is 6.54 Å². The first-order chi connectivity index (χ1) is 13.3. The van der Waals surface area contributed by atoms with Crippen molar-refractivity contribution in [3.05, 3.63) is 60.2 Å². The maximum Gasteiger partial charge on any atom is 0.243 e. The normalized spacial score (nSPS) is 10.5. The van der Waals surface area contributed by atoms with Gasteiger partial charge in [-0.25, -0.2) is 0 Å². The van der Waals surface area contributed by atoms with Crippen LogP contribution < -0.4 is 10.2 Å². The summed E-state index contributed by atoms with van der Waals surface area (Å²) < 4.78 is 0. The summed E-state index contributed by atoms with van der Waals surface area (Å²) in [5, 5.41) is 2.69. The summed E-state index contributed by atoms with van der Waals surface area (Å²) in [6.45, 7) is 7.17. The summed E-state index contributed by atoms with van der Waals surface area (Å²) in [6.07, 6.45) is 0. The molecular formula is C22H27N3O3. The minimum Gasteiger partial charge on any atom is -0.334 e. The van der Waals surface area contributed by atoms with Crippen LogP contribution in [0.1, 0.15) is 33.3 Å². The molecule has 0 heterocycles. The average molecular weight is 381 g/mol. The fourth-order valence-electron chi connectivity index (χ4n) is 2.90. The number of benzene rings is 2. The molecule has 2 aromatic carbocycles. The molecule has 0 saturated carbocycles. The Morgan fingerprint density at radius 3 is 2.21 bits per heavy atom. The quantitative estimate of drug-likeness (QED) is 0.799. The predicted octanol–water partition coefficient (Wildman–Crippen LogP) is 3.44. The first-order valence-electron chi connectivity index (χ1n) is 9.27. The van der Waals surface area contributed by atoms with E-state index in [1.807, 2.05) is 44.2 Å². The molecule has 0 radical (unpaired) electrons. The summed E-state index contributed by atoms with van der Waals surface area (Å²) in [4.78, 5) is 39.7. The summed E-state index contributed by atoms with van der Waals surface area (Å²) in [5.74, 6) is -0.577. The number of amides is 3. The molecule has 0 aliphatic rings. The van der Waals surface area contributed by atoms with Crippen molar-refractivity contribution in [2.24, 2.45) is 0 Å². The van der Waals surface area contributed by atoms with Gasteiger partial charge in [-0.1, -0.05) is 36.4 Å². The fraction of sp³-hybridized carbons (Fsp3) is 0.318. The molecule has 6 nitrogen and oxygen atoms in total. The van der Waals surface area contributed by atoms with Crippen LogP contribution in [0.3, 0.4) is 0 Å². The van der Waals surface area contributed by atoms with E-state index in [-0.39, 0.29) is 30.3 Å². The maximum absolute atomic E-state index is 13.0. The van der Waals surface area contributed by atoms with Gasteiger partial charge in [-0.2, -0.15) is 0 Å². The number of rotatable bonds is 7. The monoisotopic (exact) mass is 381 g/mol. The highest BCUT2D eigenvalue weighted by Crippen LogP contribution is 2.20. The van der Waals surface area contributed by atoms with Crippen LogP contribution in [-0.2, 0) is 20.9 Å².